The van der Waals surface area contributed by atoms with E-state index in [-0.39, 0.29) is 17.0 Å². The Hall–Kier alpha value is -2.54. The van der Waals surface area contributed by atoms with Gasteiger partial charge in [0.2, 0.25) is 0 Å². The summed E-state index contributed by atoms with van der Waals surface area (Å²) < 4.78 is 0. The average Bonchev–Trinajstić information content (AvgIpc) is 2.84. The lowest BCUT2D eigenvalue weighted by molar-refractivity contribution is 0.0697. The first-order chi connectivity index (χ1) is 9.97. The van der Waals surface area contributed by atoms with Crippen LogP contribution in [0, 0.1) is 6.92 Å². The van der Waals surface area contributed by atoms with Gasteiger partial charge in [0.15, 0.2) is 0 Å². The second kappa shape index (κ2) is 6.27. The third kappa shape index (κ3) is 3.73. The van der Waals surface area contributed by atoms with Crippen LogP contribution in [0.15, 0.2) is 29.0 Å². The minimum absolute atomic E-state index is 0.125. The maximum absolute atomic E-state index is 11.8. The van der Waals surface area contributed by atoms with Gasteiger partial charge < -0.3 is 20.8 Å². The fourth-order valence-electron chi connectivity index (χ4n) is 1.73. The molecule has 2 amide bonds. The van der Waals surface area contributed by atoms with E-state index in [1.807, 2.05) is 17.7 Å². The lowest BCUT2D eigenvalue weighted by atomic mass is 10.1. The Kier molecular flexibility index (Phi) is 4.44. The molecule has 1 heterocycles. The van der Waals surface area contributed by atoms with E-state index >= 15 is 0 Å². The highest BCUT2D eigenvalue weighted by molar-refractivity contribution is 7.08. The summed E-state index contributed by atoms with van der Waals surface area (Å²) in [4.78, 5) is 22.9. The van der Waals surface area contributed by atoms with E-state index in [0.717, 1.165) is 17.2 Å². The van der Waals surface area contributed by atoms with Crippen molar-refractivity contribution in [3.63, 3.8) is 0 Å². The Balaban J connectivity index is 2.03. The largest absolute Gasteiger partial charge is 0.508 e. The van der Waals surface area contributed by atoms with Crippen molar-refractivity contribution >= 4 is 29.0 Å². The van der Waals surface area contributed by atoms with Crippen molar-refractivity contribution in [3.8, 4) is 5.75 Å². The molecular weight excluding hydrogens is 292 g/mol. The zero-order valence-corrected chi connectivity index (χ0v) is 12.0. The van der Waals surface area contributed by atoms with Crippen LogP contribution >= 0.6 is 11.3 Å². The maximum Gasteiger partial charge on any atom is 0.337 e. The number of carboxylic acid groups (broad SMARTS) is 1. The van der Waals surface area contributed by atoms with Crippen molar-refractivity contribution in [2.24, 2.45) is 0 Å². The van der Waals surface area contributed by atoms with Crippen LogP contribution < -0.4 is 10.6 Å². The summed E-state index contributed by atoms with van der Waals surface area (Å²) >= 11 is 1.55. The highest BCUT2D eigenvalue weighted by Crippen LogP contribution is 2.21. The molecule has 1 aromatic heterocycles. The lowest BCUT2D eigenvalue weighted by Crippen LogP contribution is -2.29. The van der Waals surface area contributed by atoms with Crippen LogP contribution in [-0.4, -0.2) is 22.2 Å². The fraction of sp³-hybridized carbons (Fsp3) is 0.143. The number of phenolic OH excluding ortho intramolecular Hbond substituents is 1. The number of thiophene rings is 1. The predicted octanol–water partition coefficient (Wildman–Crippen LogP) is 2.78. The average molecular weight is 306 g/mol. The second-order valence-electron chi connectivity index (χ2n) is 4.42. The number of carboxylic acids is 1. The van der Waals surface area contributed by atoms with Gasteiger partial charge in [-0.1, -0.05) is 0 Å². The predicted molar refractivity (Wildman–Crippen MR) is 80.0 cm³/mol. The zero-order valence-electron chi connectivity index (χ0n) is 11.2. The molecular formula is C14H14N2O4S. The molecule has 0 aliphatic carbocycles. The summed E-state index contributed by atoms with van der Waals surface area (Å²) in [7, 11) is 0. The number of aryl methyl sites for hydroxylation is 1. The number of aromatic carboxylic acids is 1. The van der Waals surface area contributed by atoms with Crippen molar-refractivity contribution in [1.82, 2.24) is 5.32 Å². The Bertz CT molecular complexity index is 681. The number of aromatic hydroxyl groups is 1. The number of hydrogen-bond acceptors (Lipinski definition) is 4. The Labute approximate surface area is 125 Å². The maximum atomic E-state index is 11.8. The van der Waals surface area contributed by atoms with Crippen LogP contribution in [0.25, 0.3) is 0 Å². The number of urea groups is 1. The molecule has 0 saturated heterocycles. The molecule has 0 spiro atoms. The third-order valence-electron chi connectivity index (χ3n) is 2.88. The monoisotopic (exact) mass is 306 g/mol. The molecule has 2 aromatic rings. The van der Waals surface area contributed by atoms with Gasteiger partial charge in [-0.05, 0) is 47.0 Å². The van der Waals surface area contributed by atoms with Crippen LogP contribution in [0.5, 0.6) is 5.75 Å². The quantitative estimate of drug-likeness (QED) is 0.653. The summed E-state index contributed by atoms with van der Waals surface area (Å²) in [5.41, 5.74) is 2.06. The first kappa shape index (κ1) is 14.9. The van der Waals surface area contributed by atoms with Crippen LogP contribution in [0.4, 0.5) is 10.5 Å². The molecule has 0 aliphatic heterocycles. The molecule has 1 aromatic carbocycles. The molecule has 21 heavy (non-hydrogen) atoms. The fourth-order valence-corrected chi connectivity index (χ4v) is 2.59. The van der Waals surface area contributed by atoms with Gasteiger partial charge in [-0.15, -0.1) is 0 Å². The van der Waals surface area contributed by atoms with E-state index in [2.05, 4.69) is 10.6 Å². The number of carbonyl (C=O) groups excluding carboxylic acids is 1. The van der Waals surface area contributed by atoms with E-state index < -0.39 is 12.0 Å². The Morgan fingerprint density at radius 1 is 1.29 bits per heavy atom. The van der Waals surface area contributed by atoms with Crippen LogP contribution in [-0.2, 0) is 6.54 Å². The number of benzene rings is 1. The highest BCUT2D eigenvalue weighted by atomic mass is 32.1. The van der Waals surface area contributed by atoms with Crippen molar-refractivity contribution in [1.29, 1.82) is 0 Å². The number of anilines is 1. The summed E-state index contributed by atoms with van der Waals surface area (Å²) in [6, 6.07) is 3.23. The minimum atomic E-state index is -1.23. The lowest BCUT2D eigenvalue weighted by Gasteiger charge is -2.10. The summed E-state index contributed by atoms with van der Waals surface area (Å²) in [5.74, 6) is -1.40. The Morgan fingerprint density at radius 2 is 2.05 bits per heavy atom. The molecule has 0 unspecified atom stereocenters. The van der Waals surface area contributed by atoms with Gasteiger partial charge in [0.1, 0.15) is 5.75 Å². The molecule has 0 atom stereocenters. The number of rotatable bonds is 4. The van der Waals surface area contributed by atoms with Gasteiger partial charge in [-0.25, -0.2) is 9.59 Å². The van der Waals surface area contributed by atoms with E-state index in [1.54, 1.807) is 11.3 Å². The summed E-state index contributed by atoms with van der Waals surface area (Å²) in [6.07, 6.45) is 0. The van der Waals surface area contributed by atoms with E-state index in [0.29, 0.717) is 6.54 Å². The number of amides is 2. The first-order valence-corrected chi connectivity index (χ1v) is 7.04. The van der Waals surface area contributed by atoms with Gasteiger partial charge in [0.05, 0.1) is 11.3 Å². The molecule has 110 valence electrons. The van der Waals surface area contributed by atoms with Gasteiger partial charge in [0.25, 0.3) is 0 Å². The summed E-state index contributed by atoms with van der Waals surface area (Å²) in [6.45, 7) is 2.32. The SMILES string of the molecule is Cc1cscc1CNC(=O)Nc1ccc(O)cc1C(=O)O. The minimum Gasteiger partial charge on any atom is -0.508 e. The molecule has 0 aliphatic rings. The van der Waals surface area contributed by atoms with E-state index in [9.17, 15) is 14.7 Å². The molecule has 0 radical (unpaired) electrons. The highest BCUT2D eigenvalue weighted by Gasteiger charge is 2.13. The number of hydrogen-bond donors (Lipinski definition) is 4. The van der Waals surface area contributed by atoms with Crippen LogP contribution in [0.2, 0.25) is 0 Å². The summed E-state index contributed by atoms with van der Waals surface area (Å²) in [5, 5.41) is 27.4. The molecule has 4 N–H and O–H groups in total. The molecule has 0 fully saturated rings. The second-order valence-corrected chi connectivity index (χ2v) is 5.17. The smallest absolute Gasteiger partial charge is 0.337 e. The number of phenols is 1. The van der Waals surface area contributed by atoms with Crippen LogP contribution in [0.1, 0.15) is 21.5 Å². The first-order valence-electron chi connectivity index (χ1n) is 6.10. The van der Waals surface area contributed by atoms with Gasteiger partial charge >= 0.3 is 12.0 Å². The van der Waals surface area contributed by atoms with Crippen molar-refractivity contribution in [2.45, 2.75) is 13.5 Å². The van der Waals surface area contributed by atoms with Crippen molar-refractivity contribution < 1.29 is 19.8 Å². The van der Waals surface area contributed by atoms with E-state index in [4.69, 9.17) is 5.11 Å². The topological polar surface area (TPSA) is 98.7 Å². The Morgan fingerprint density at radius 3 is 2.67 bits per heavy atom. The van der Waals surface area contributed by atoms with Crippen molar-refractivity contribution in [3.05, 3.63) is 45.6 Å². The molecule has 2 rings (SSSR count). The number of carbonyl (C=O) groups is 2. The normalized spacial score (nSPS) is 10.1. The van der Waals surface area contributed by atoms with Gasteiger partial charge in [-0.3, -0.25) is 0 Å². The third-order valence-corrected chi connectivity index (χ3v) is 3.79. The van der Waals surface area contributed by atoms with Crippen LogP contribution in [0.3, 0.4) is 0 Å². The zero-order chi connectivity index (χ0) is 15.4. The number of nitrogens with one attached hydrogen (secondary N) is 2. The standard InChI is InChI=1S/C14H14N2O4S/c1-8-6-21-7-9(8)5-15-14(20)16-12-3-2-10(17)4-11(12)13(18)19/h2-4,6-7,17H,5H2,1H3,(H,18,19)(H2,15,16,20). The van der Waals surface area contributed by atoms with Crippen molar-refractivity contribution in [2.75, 3.05) is 5.32 Å². The van der Waals surface area contributed by atoms with E-state index in [1.165, 1.54) is 12.1 Å². The molecule has 6 nitrogen and oxygen atoms in total. The molecule has 7 heteroatoms. The van der Waals surface area contributed by atoms with Gasteiger partial charge in [-0.2, -0.15) is 11.3 Å². The molecule has 0 bridgehead atoms. The van der Waals surface area contributed by atoms with Gasteiger partial charge in [0, 0.05) is 6.54 Å². The molecule has 0 saturated carbocycles.